The fourth-order valence-electron chi connectivity index (χ4n) is 3.24. The number of carbonyl (C=O) groups excluding carboxylic acids is 1. The number of nitrogens with one attached hydrogen (secondary N) is 1. The van der Waals surface area contributed by atoms with E-state index >= 15 is 0 Å². The van der Waals surface area contributed by atoms with Gasteiger partial charge in [0.15, 0.2) is 5.16 Å². The van der Waals surface area contributed by atoms with E-state index in [1.165, 1.54) is 22.9 Å². The van der Waals surface area contributed by atoms with Crippen LogP contribution in [0.3, 0.4) is 0 Å². The fourth-order valence-corrected chi connectivity index (χ4v) is 4.08. The third-order valence-corrected chi connectivity index (χ3v) is 5.46. The lowest BCUT2D eigenvalue weighted by Crippen LogP contribution is -2.49. The molecule has 2 heterocycles. The molecule has 3 rings (SSSR count). The number of halogens is 1. The summed E-state index contributed by atoms with van der Waals surface area (Å²) in [5, 5.41) is 4.09. The first-order valence-electron chi connectivity index (χ1n) is 9.11. The topological polar surface area (TPSA) is 58.1 Å². The van der Waals surface area contributed by atoms with E-state index in [-0.39, 0.29) is 24.4 Å². The highest BCUT2D eigenvalue weighted by molar-refractivity contribution is 7.99. The number of thioether (sulfide) groups is 1. The van der Waals surface area contributed by atoms with Crippen molar-refractivity contribution in [1.29, 1.82) is 0 Å². The molecular formula is C20H27ClN4OS. The van der Waals surface area contributed by atoms with E-state index in [1.807, 2.05) is 24.8 Å². The van der Waals surface area contributed by atoms with Gasteiger partial charge in [0.2, 0.25) is 5.91 Å². The Balaban J connectivity index is 0.00000261. The van der Waals surface area contributed by atoms with Gasteiger partial charge in [0.05, 0.1) is 11.8 Å². The summed E-state index contributed by atoms with van der Waals surface area (Å²) in [6.07, 6.45) is 1.03. The van der Waals surface area contributed by atoms with Crippen LogP contribution in [0.4, 0.5) is 0 Å². The van der Waals surface area contributed by atoms with E-state index in [1.54, 1.807) is 0 Å². The Morgan fingerprint density at radius 2 is 1.89 bits per heavy atom. The number of hydrogen-bond donors (Lipinski definition) is 1. The molecule has 0 spiro atoms. The maximum atomic E-state index is 12.9. The van der Waals surface area contributed by atoms with E-state index in [0.717, 1.165) is 37.4 Å². The molecule has 1 atom stereocenters. The number of piperazine rings is 1. The standard InChI is InChI=1S/C20H26N4OS.ClH/c1-4-16-5-7-17(8-6-16)18-12-21-9-10-24(18)19(25)13-26-20-22-14(2)11-15(3)23-20;/h5-8,11,18,21H,4,9-10,12-13H2,1-3H3;1H. The second kappa shape index (κ2) is 10.1. The summed E-state index contributed by atoms with van der Waals surface area (Å²) in [5.74, 6) is 0.510. The summed E-state index contributed by atoms with van der Waals surface area (Å²) < 4.78 is 0. The molecule has 1 amide bonds. The number of nitrogens with zero attached hydrogens (tertiary/aromatic N) is 3. The summed E-state index contributed by atoms with van der Waals surface area (Å²) in [6, 6.07) is 10.6. The average Bonchev–Trinajstić information content (AvgIpc) is 2.65. The van der Waals surface area contributed by atoms with Crippen molar-refractivity contribution in [2.45, 2.75) is 38.4 Å². The van der Waals surface area contributed by atoms with Crippen LogP contribution in [-0.4, -0.2) is 46.2 Å². The summed E-state index contributed by atoms with van der Waals surface area (Å²) in [4.78, 5) is 23.7. The minimum Gasteiger partial charge on any atom is -0.332 e. The molecule has 27 heavy (non-hydrogen) atoms. The number of benzene rings is 1. The Labute approximate surface area is 171 Å². The largest absolute Gasteiger partial charge is 0.332 e. The molecule has 1 unspecified atom stereocenters. The van der Waals surface area contributed by atoms with Gasteiger partial charge in [-0.05, 0) is 37.5 Å². The van der Waals surface area contributed by atoms with Crippen molar-refractivity contribution in [3.05, 3.63) is 52.8 Å². The van der Waals surface area contributed by atoms with Crippen LogP contribution in [0.2, 0.25) is 0 Å². The Bertz CT molecular complexity index is 749. The predicted octanol–water partition coefficient (Wildman–Crippen LogP) is 3.34. The SMILES string of the molecule is CCc1ccc(C2CNCCN2C(=O)CSc2nc(C)cc(C)n2)cc1.Cl. The molecule has 1 N–H and O–H groups in total. The van der Waals surface area contributed by atoms with Gasteiger partial charge in [-0.3, -0.25) is 4.79 Å². The van der Waals surface area contributed by atoms with Crippen molar-refractivity contribution in [2.24, 2.45) is 0 Å². The highest BCUT2D eigenvalue weighted by atomic mass is 35.5. The summed E-state index contributed by atoms with van der Waals surface area (Å²) in [6.45, 7) is 8.41. The first-order chi connectivity index (χ1) is 12.6. The third-order valence-electron chi connectivity index (χ3n) is 4.62. The lowest BCUT2D eigenvalue weighted by atomic mass is 10.0. The van der Waals surface area contributed by atoms with Gasteiger partial charge >= 0.3 is 0 Å². The van der Waals surface area contributed by atoms with Gasteiger partial charge in [-0.15, -0.1) is 12.4 Å². The minimum absolute atomic E-state index is 0. The monoisotopic (exact) mass is 406 g/mol. The number of rotatable bonds is 5. The van der Waals surface area contributed by atoms with Crippen LogP contribution < -0.4 is 5.32 Å². The Hall–Kier alpha value is -1.63. The zero-order valence-corrected chi connectivity index (χ0v) is 17.7. The molecule has 2 aromatic rings. The second-order valence-corrected chi connectivity index (χ2v) is 7.57. The van der Waals surface area contributed by atoms with Crippen molar-refractivity contribution in [2.75, 3.05) is 25.4 Å². The molecule has 1 aliphatic heterocycles. The highest BCUT2D eigenvalue weighted by Crippen LogP contribution is 2.25. The quantitative estimate of drug-likeness (QED) is 0.609. The van der Waals surface area contributed by atoms with Crippen LogP contribution in [-0.2, 0) is 11.2 Å². The smallest absolute Gasteiger partial charge is 0.233 e. The molecule has 5 nitrogen and oxygen atoms in total. The summed E-state index contributed by atoms with van der Waals surface area (Å²) in [7, 11) is 0. The Morgan fingerprint density at radius 1 is 1.22 bits per heavy atom. The molecule has 1 aromatic heterocycles. The molecule has 146 valence electrons. The molecule has 1 saturated heterocycles. The maximum absolute atomic E-state index is 12.9. The Kier molecular flexibility index (Phi) is 8.07. The molecule has 0 bridgehead atoms. The molecule has 0 saturated carbocycles. The zero-order chi connectivity index (χ0) is 18.5. The van der Waals surface area contributed by atoms with Gasteiger partial charge in [0.25, 0.3) is 0 Å². The van der Waals surface area contributed by atoms with Crippen molar-refractivity contribution < 1.29 is 4.79 Å². The van der Waals surface area contributed by atoms with Crippen LogP contribution >= 0.6 is 24.2 Å². The predicted molar refractivity (Wildman–Crippen MR) is 113 cm³/mol. The molecular weight excluding hydrogens is 380 g/mol. The van der Waals surface area contributed by atoms with Crippen LogP contribution in [0.1, 0.15) is 35.5 Å². The van der Waals surface area contributed by atoms with Gasteiger partial charge in [-0.2, -0.15) is 0 Å². The van der Waals surface area contributed by atoms with Gasteiger partial charge in [-0.1, -0.05) is 43.0 Å². The van der Waals surface area contributed by atoms with E-state index in [2.05, 4.69) is 46.5 Å². The van der Waals surface area contributed by atoms with Crippen molar-refractivity contribution >= 4 is 30.1 Å². The summed E-state index contributed by atoms with van der Waals surface area (Å²) >= 11 is 1.42. The lowest BCUT2D eigenvalue weighted by molar-refractivity contribution is -0.131. The van der Waals surface area contributed by atoms with Crippen LogP contribution in [0.25, 0.3) is 0 Å². The molecule has 1 aromatic carbocycles. The van der Waals surface area contributed by atoms with Crippen molar-refractivity contribution in [3.8, 4) is 0 Å². The zero-order valence-electron chi connectivity index (χ0n) is 16.1. The fraction of sp³-hybridized carbons (Fsp3) is 0.450. The van der Waals surface area contributed by atoms with Gasteiger partial charge < -0.3 is 10.2 Å². The lowest BCUT2D eigenvalue weighted by Gasteiger charge is -2.36. The van der Waals surface area contributed by atoms with E-state index in [4.69, 9.17) is 0 Å². The second-order valence-electron chi connectivity index (χ2n) is 6.62. The Morgan fingerprint density at radius 3 is 2.52 bits per heavy atom. The van der Waals surface area contributed by atoms with E-state index in [0.29, 0.717) is 10.9 Å². The first kappa shape index (κ1) is 21.7. The number of carbonyl (C=O) groups is 1. The molecule has 0 radical (unpaired) electrons. The van der Waals surface area contributed by atoms with E-state index < -0.39 is 0 Å². The molecule has 1 fully saturated rings. The van der Waals surface area contributed by atoms with Crippen LogP contribution in [0.5, 0.6) is 0 Å². The average molecular weight is 407 g/mol. The van der Waals surface area contributed by atoms with Gasteiger partial charge in [0, 0.05) is 31.0 Å². The minimum atomic E-state index is 0. The van der Waals surface area contributed by atoms with Crippen LogP contribution in [0.15, 0.2) is 35.5 Å². The number of amides is 1. The van der Waals surface area contributed by atoms with Gasteiger partial charge in [0.1, 0.15) is 0 Å². The van der Waals surface area contributed by atoms with Crippen molar-refractivity contribution in [3.63, 3.8) is 0 Å². The number of aromatic nitrogens is 2. The highest BCUT2D eigenvalue weighted by Gasteiger charge is 2.27. The molecule has 1 aliphatic rings. The van der Waals surface area contributed by atoms with Crippen LogP contribution in [0, 0.1) is 13.8 Å². The molecule has 7 heteroatoms. The number of aryl methyl sites for hydroxylation is 3. The maximum Gasteiger partial charge on any atom is 0.233 e. The molecule has 0 aliphatic carbocycles. The number of hydrogen-bond acceptors (Lipinski definition) is 5. The van der Waals surface area contributed by atoms with Crippen molar-refractivity contribution in [1.82, 2.24) is 20.2 Å². The van der Waals surface area contributed by atoms with E-state index in [9.17, 15) is 4.79 Å². The van der Waals surface area contributed by atoms with Gasteiger partial charge in [-0.25, -0.2) is 9.97 Å². The summed E-state index contributed by atoms with van der Waals surface area (Å²) in [5.41, 5.74) is 4.38. The first-order valence-corrected chi connectivity index (χ1v) is 10.1. The third kappa shape index (κ3) is 5.67. The normalized spacial score (nSPS) is 16.7.